The maximum atomic E-state index is 13.0. The van der Waals surface area contributed by atoms with Crippen molar-refractivity contribution in [1.29, 1.82) is 0 Å². The first kappa shape index (κ1) is 21.6. The molecule has 3 atom stereocenters. The summed E-state index contributed by atoms with van der Waals surface area (Å²) in [5, 5.41) is 11.6. The van der Waals surface area contributed by atoms with E-state index in [1.165, 1.54) is 9.80 Å². The number of hydrogen-bond donors (Lipinski definition) is 4. The molecule has 4 amide bonds. The SMILES string of the molecule is NCC(=O)N1CCCC1C(=O)N1CCCC1C(=O)NC(CCC(N)=O)C(=O)O. The fourth-order valence-electron chi connectivity index (χ4n) is 3.75. The van der Waals surface area contributed by atoms with E-state index in [4.69, 9.17) is 11.5 Å². The molecule has 11 nitrogen and oxygen atoms in total. The van der Waals surface area contributed by atoms with Gasteiger partial charge in [-0.2, -0.15) is 0 Å². The summed E-state index contributed by atoms with van der Waals surface area (Å²) >= 11 is 0. The quantitative estimate of drug-likeness (QED) is 0.358. The first-order valence-corrected chi connectivity index (χ1v) is 9.37. The number of carbonyl (C=O) groups excluding carboxylic acids is 4. The molecule has 2 rings (SSSR count). The molecule has 0 radical (unpaired) electrons. The second kappa shape index (κ2) is 9.49. The van der Waals surface area contributed by atoms with Crippen molar-refractivity contribution in [3.8, 4) is 0 Å². The first-order chi connectivity index (χ1) is 13.3. The van der Waals surface area contributed by atoms with Gasteiger partial charge in [0.1, 0.15) is 18.1 Å². The van der Waals surface area contributed by atoms with Crippen LogP contribution in [0.1, 0.15) is 38.5 Å². The highest BCUT2D eigenvalue weighted by Gasteiger charge is 2.42. The Bertz CT molecular complexity index is 654. The number of carboxylic acid groups (broad SMARTS) is 1. The minimum atomic E-state index is -1.28. The molecule has 0 aromatic carbocycles. The highest BCUT2D eigenvalue weighted by Crippen LogP contribution is 2.25. The van der Waals surface area contributed by atoms with Gasteiger partial charge in [-0.25, -0.2) is 4.79 Å². The summed E-state index contributed by atoms with van der Waals surface area (Å²) < 4.78 is 0. The number of likely N-dealkylation sites (tertiary alicyclic amines) is 2. The zero-order valence-corrected chi connectivity index (χ0v) is 15.6. The molecule has 2 aliphatic rings. The molecule has 2 fully saturated rings. The number of nitrogens with two attached hydrogens (primary N) is 2. The van der Waals surface area contributed by atoms with Gasteiger partial charge in [-0.3, -0.25) is 19.2 Å². The van der Waals surface area contributed by atoms with Crippen molar-refractivity contribution in [3.63, 3.8) is 0 Å². The van der Waals surface area contributed by atoms with Crippen LogP contribution >= 0.6 is 0 Å². The van der Waals surface area contributed by atoms with Crippen LogP contribution in [0.4, 0.5) is 0 Å². The fraction of sp³-hybridized carbons (Fsp3) is 0.706. The third kappa shape index (κ3) is 4.97. The number of aliphatic carboxylic acids is 1. The van der Waals surface area contributed by atoms with Gasteiger partial charge in [-0.05, 0) is 32.1 Å². The lowest BCUT2D eigenvalue weighted by Gasteiger charge is -2.31. The smallest absolute Gasteiger partial charge is 0.326 e. The van der Waals surface area contributed by atoms with Crippen LogP contribution in [-0.2, 0) is 24.0 Å². The molecule has 0 spiro atoms. The van der Waals surface area contributed by atoms with Crippen molar-refractivity contribution in [2.75, 3.05) is 19.6 Å². The van der Waals surface area contributed by atoms with Gasteiger partial charge < -0.3 is 31.7 Å². The van der Waals surface area contributed by atoms with Crippen LogP contribution in [0.2, 0.25) is 0 Å². The van der Waals surface area contributed by atoms with Crippen molar-refractivity contribution in [1.82, 2.24) is 15.1 Å². The lowest BCUT2D eigenvalue weighted by Crippen LogP contribution is -2.55. The van der Waals surface area contributed by atoms with Crippen LogP contribution in [0.3, 0.4) is 0 Å². The Morgan fingerprint density at radius 2 is 1.64 bits per heavy atom. The van der Waals surface area contributed by atoms with Crippen LogP contribution in [0, 0.1) is 0 Å². The minimum Gasteiger partial charge on any atom is -0.480 e. The van der Waals surface area contributed by atoms with E-state index in [2.05, 4.69) is 5.32 Å². The van der Waals surface area contributed by atoms with Crippen LogP contribution < -0.4 is 16.8 Å². The van der Waals surface area contributed by atoms with Gasteiger partial charge >= 0.3 is 5.97 Å². The number of nitrogens with one attached hydrogen (secondary N) is 1. The second-order valence-electron chi connectivity index (χ2n) is 7.04. The summed E-state index contributed by atoms with van der Waals surface area (Å²) in [4.78, 5) is 62.6. The molecule has 28 heavy (non-hydrogen) atoms. The van der Waals surface area contributed by atoms with E-state index in [1.807, 2.05) is 0 Å². The molecular weight excluding hydrogens is 370 g/mol. The monoisotopic (exact) mass is 397 g/mol. The average Bonchev–Trinajstić information content (AvgIpc) is 3.32. The van der Waals surface area contributed by atoms with E-state index < -0.39 is 35.9 Å². The molecule has 0 aromatic heterocycles. The lowest BCUT2D eigenvalue weighted by molar-refractivity contribution is -0.147. The predicted molar refractivity (Wildman–Crippen MR) is 96.5 cm³/mol. The summed E-state index contributed by atoms with van der Waals surface area (Å²) in [5.41, 5.74) is 10.4. The van der Waals surface area contributed by atoms with Gasteiger partial charge in [0.25, 0.3) is 0 Å². The molecule has 2 aliphatic heterocycles. The van der Waals surface area contributed by atoms with E-state index in [0.717, 1.165) is 0 Å². The Hall–Kier alpha value is -2.69. The number of primary amides is 1. The number of amides is 4. The van der Waals surface area contributed by atoms with Gasteiger partial charge in [0.15, 0.2) is 0 Å². The largest absolute Gasteiger partial charge is 0.480 e. The van der Waals surface area contributed by atoms with Gasteiger partial charge in [0, 0.05) is 19.5 Å². The molecule has 156 valence electrons. The van der Waals surface area contributed by atoms with E-state index in [-0.39, 0.29) is 31.2 Å². The summed E-state index contributed by atoms with van der Waals surface area (Å²) in [5.74, 6) is -3.16. The fourth-order valence-corrected chi connectivity index (χ4v) is 3.75. The van der Waals surface area contributed by atoms with Gasteiger partial charge in [0.2, 0.25) is 23.6 Å². The number of nitrogens with zero attached hydrogens (tertiary/aromatic N) is 2. The molecule has 0 saturated carbocycles. The summed E-state index contributed by atoms with van der Waals surface area (Å²) in [6, 6.07) is -2.72. The van der Waals surface area contributed by atoms with E-state index in [0.29, 0.717) is 38.8 Å². The number of carboxylic acids is 1. The zero-order valence-electron chi connectivity index (χ0n) is 15.6. The van der Waals surface area contributed by atoms with Crippen molar-refractivity contribution in [3.05, 3.63) is 0 Å². The highest BCUT2D eigenvalue weighted by atomic mass is 16.4. The third-order valence-corrected chi connectivity index (χ3v) is 5.17. The van der Waals surface area contributed by atoms with Crippen molar-refractivity contribution in [2.24, 2.45) is 11.5 Å². The molecule has 11 heteroatoms. The minimum absolute atomic E-state index is 0.127. The number of rotatable bonds is 8. The predicted octanol–water partition coefficient (Wildman–Crippen LogP) is -2.24. The third-order valence-electron chi connectivity index (χ3n) is 5.17. The first-order valence-electron chi connectivity index (χ1n) is 9.37. The number of hydrogen-bond acceptors (Lipinski definition) is 6. The maximum Gasteiger partial charge on any atom is 0.326 e. The van der Waals surface area contributed by atoms with Crippen molar-refractivity contribution < 1.29 is 29.1 Å². The molecule has 0 aromatic rings. The van der Waals surface area contributed by atoms with Gasteiger partial charge in [-0.1, -0.05) is 0 Å². The summed E-state index contributed by atoms with van der Waals surface area (Å²) in [6.07, 6.45) is 1.88. The van der Waals surface area contributed by atoms with Crippen LogP contribution in [0.5, 0.6) is 0 Å². The standard InChI is InChI=1S/C17H27N5O6/c18-9-14(24)21-7-2-4-12(21)16(26)22-8-1-3-11(22)15(25)20-10(17(27)28)5-6-13(19)23/h10-12H,1-9,18H2,(H2,19,23)(H,20,25)(H,27,28). The normalized spacial score (nSPS) is 22.8. The maximum absolute atomic E-state index is 13.0. The van der Waals surface area contributed by atoms with Gasteiger partial charge in [0.05, 0.1) is 6.54 Å². The van der Waals surface area contributed by atoms with E-state index in [9.17, 15) is 29.1 Å². The zero-order chi connectivity index (χ0) is 20.8. The lowest BCUT2D eigenvalue weighted by atomic mass is 10.1. The van der Waals surface area contributed by atoms with Gasteiger partial charge in [-0.15, -0.1) is 0 Å². The topological polar surface area (TPSA) is 176 Å². The van der Waals surface area contributed by atoms with E-state index >= 15 is 0 Å². The van der Waals surface area contributed by atoms with Crippen molar-refractivity contribution in [2.45, 2.75) is 56.7 Å². The molecule has 6 N–H and O–H groups in total. The highest BCUT2D eigenvalue weighted by molar-refractivity contribution is 5.94. The Labute approximate surface area is 162 Å². The van der Waals surface area contributed by atoms with E-state index in [1.54, 1.807) is 0 Å². The Morgan fingerprint density at radius 1 is 1.04 bits per heavy atom. The Balaban J connectivity index is 2.05. The Kier molecular flexibility index (Phi) is 7.32. The summed E-state index contributed by atoms with van der Waals surface area (Å²) in [6.45, 7) is 0.621. The van der Waals surface area contributed by atoms with Crippen LogP contribution in [0.25, 0.3) is 0 Å². The van der Waals surface area contributed by atoms with Crippen LogP contribution in [0.15, 0.2) is 0 Å². The average molecular weight is 397 g/mol. The number of carbonyl (C=O) groups is 5. The second-order valence-corrected chi connectivity index (χ2v) is 7.04. The molecule has 0 bridgehead atoms. The molecule has 2 heterocycles. The van der Waals surface area contributed by atoms with Crippen molar-refractivity contribution >= 4 is 29.6 Å². The van der Waals surface area contributed by atoms with Crippen LogP contribution in [-0.4, -0.2) is 82.3 Å². The molecule has 2 saturated heterocycles. The molecular formula is C17H27N5O6. The molecule has 3 unspecified atom stereocenters. The molecule has 0 aliphatic carbocycles. The Morgan fingerprint density at radius 3 is 2.21 bits per heavy atom. The summed E-state index contributed by atoms with van der Waals surface area (Å²) in [7, 11) is 0.